The predicted octanol–water partition coefficient (Wildman–Crippen LogP) is 1.46. The van der Waals surface area contributed by atoms with E-state index in [0.29, 0.717) is 6.54 Å². The van der Waals surface area contributed by atoms with Crippen molar-refractivity contribution in [2.75, 3.05) is 13.2 Å². The van der Waals surface area contributed by atoms with Crippen LogP contribution in [-0.4, -0.2) is 18.3 Å². The van der Waals surface area contributed by atoms with Crippen LogP contribution in [0.5, 0.6) is 0 Å². The fourth-order valence-electron chi connectivity index (χ4n) is 0.516. The van der Waals surface area contributed by atoms with E-state index in [1.54, 1.807) is 0 Å². The highest BCUT2D eigenvalue weighted by atomic mass is 16.2. The number of hydrogen-bond acceptors (Lipinski definition) is 2. The van der Waals surface area contributed by atoms with Crippen LogP contribution in [0.25, 0.3) is 10.4 Å². The minimum atomic E-state index is 0.232. The van der Waals surface area contributed by atoms with Gasteiger partial charge in [-0.2, -0.15) is 0 Å². The summed E-state index contributed by atoms with van der Waals surface area (Å²) in [7, 11) is 0. The molecule has 0 saturated carbocycles. The summed E-state index contributed by atoms with van der Waals surface area (Å²) in [5, 5.41) is 11.7. The van der Waals surface area contributed by atoms with Gasteiger partial charge in [0.25, 0.3) is 0 Å². The van der Waals surface area contributed by atoms with Crippen LogP contribution in [0, 0.1) is 0 Å². The normalized spacial score (nSPS) is 8.56. The molecule has 0 fully saturated rings. The Morgan fingerprint density at radius 3 is 2.67 bits per heavy atom. The Labute approximate surface area is 54.1 Å². The van der Waals surface area contributed by atoms with Crippen molar-refractivity contribution in [1.82, 2.24) is 0 Å². The van der Waals surface area contributed by atoms with E-state index in [9.17, 15) is 0 Å². The van der Waals surface area contributed by atoms with Crippen LogP contribution in [0.4, 0.5) is 0 Å². The molecule has 0 rings (SSSR count). The Hall–Kier alpha value is -0.730. The van der Waals surface area contributed by atoms with Gasteiger partial charge in [-0.25, -0.2) is 0 Å². The van der Waals surface area contributed by atoms with Crippen LogP contribution in [0.3, 0.4) is 0 Å². The topological polar surface area (TPSA) is 69.0 Å². The van der Waals surface area contributed by atoms with E-state index < -0.39 is 0 Å². The Kier molecular flexibility index (Phi) is 6.68. The van der Waals surface area contributed by atoms with Crippen molar-refractivity contribution in [2.24, 2.45) is 5.11 Å². The largest absolute Gasteiger partial charge is 0.396 e. The van der Waals surface area contributed by atoms with Crippen molar-refractivity contribution in [2.45, 2.75) is 19.3 Å². The molecule has 0 aromatic carbocycles. The van der Waals surface area contributed by atoms with Gasteiger partial charge in [0.15, 0.2) is 0 Å². The fourth-order valence-corrected chi connectivity index (χ4v) is 0.516. The van der Waals surface area contributed by atoms with Crippen molar-refractivity contribution in [3.05, 3.63) is 10.4 Å². The summed E-state index contributed by atoms with van der Waals surface area (Å²) in [4.78, 5) is 2.60. The van der Waals surface area contributed by atoms with E-state index in [1.807, 2.05) is 0 Å². The second kappa shape index (κ2) is 7.27. The first-order valence-electron chi connectivity index (χ1n) is 3.03. The molecule has 0 aromatic heterocycles. The average Bonchev–Trinajstić information content (AvgIpc) is 1.89. The van der Waals surface area contributed by atoms with Crippen molar-refractivity contribution in [3.63, 3.8) is 0 Å². The highest BCUT2D eigenvalue weighted by Crippen LogP contribution is 1.93. The molecule has 0 amide bonds. The molecular formula is C5H11N3O. The van der Waals surface area contributed by atoms with Crippen molar-refractivity contribution >= 4 is 0 Å². The van der Waals surface area contributed by atoms with E-state index in [0.717, 1.165) is 19.3 Å². The highest BCUT2D eigenvalue weighted by molar-refractivity contribution is 4.46. The highest BCUT2D eigenvalue weighted by Gasteiger charge is 1.83. The third-order valence-electron chi connectivity index (χ3n) is 0.979. The third-order valence-corrected chi connectivity index (χ3v) is 0.979. The number of aliphatic hydroxyl groups excluding tert-OH is 1. The molecule has 0 aliphatic carbocycles. The lowest BCUT2D eigenvalue weighted by molar-refractivity contribution is 0.283. The van der Waals surface area contributed by atoms with Gasteiger partial charge < -0.3 is 5.11 Å². The molecule has 0 aliphatic heterocycles. The minimum Gasteiger partial charge on any atom is -0.396 e. The Balaban J connectivity index is 2.82. The van der Waals surface area contributed by atoms with E-state index in [4.69, 9.17) is 10.6 Å². The molecule has 0 heterocycles. The maximum Gasteiger partial charge on any atom is 0.0431 e. The van der Waals surface area contributed by atoms with Crippen LogP contribution in [0.1, 0.15) is 19.3 Å². The Morgan fingerprint density at radius 2 is 2.11 bits per heavy atom. The molecule has 4 heteroatoms. The van der Waals surface area contributed by atoms with Crippen molar-refractivity contribution in [3.8, 4) is 0 Å². The van der Waals surface area contributed by atoms with Gasteiger partial charge in [0.2, 0.25) is 0 Å². The molecular weight excluding hydrogens is 118 g/mol. The van der Waals surface area contributed by atoms with Gasteiger partial charge in [0.05, 0.1) is 0 Å². The van der Waals surface area contributed by atoms with Gasteiger partial charge in [-0.05, 0) is 18.4 Å². The molecule has 0 saturated heterocycles. The molecule has 4 nitrogen and oxygen atoms in total. The second-order valence-electron chi connectivity index (χ2n) is 1.74. The zero-order valence-corrected chi connectivity index (χ0v) is 5.32. The smallest absolute Gasteiger partial charge is 0.0431 e. The standard InChI is InChI=1S/C5H11N3O/c6-8-7-4-2-1-3-5-9/h9H,1-5H2. The number of aliphatic hydroxyl groups is 1. The van der Waals surface area contributed by atoms with Crippen LogP contribution < -0.4 is 0 Å². The molecule has 1 N–H and O–H groups in total. The molecule has 0 bridgehead atoms. The quantitative estimate of drug-likeness (QED) is 0.259. The van der Waals surface area contributed by atoms with Crippen LogP contribution in [0.15, 0.2) is 5.11 Å². The van der Waals surface area contributed by atoms with E-state index >= 15 is 0 Å². The van der Waals surface area contributed by atoms with Crippen molar-refractivity contribution in [1.29, 1.82) is 0 Å². The van der Waals surface area contributed by atoms with Crippen LogP contribution in [0.2, 0.25) is 0 Å². The molecule has 52 valence electrons. The summed E-state index contributed by atoms with van der Waals surface area (Å²) in [6.45, 7) is 0.784. The van der Waals surface area contributed by atoms with Crippen LogP contribution in [-0.2, 0) is 0 Å². The SMILES string of the molecule is [N-]=[N+]=NCCCCCO. The first-order chi connectivity index (χ1) is 4.41. The number of hydrogen-bond donors (Lipinski definition) is 1. The molecule has 0 radical (unpaired) electrons. The molecule has 0 atom stereocenters. The summed E-state index contributed by atoms with van der Waals surface area (Å²) in [5.41, 5.74) is 7.83. The molecule has 9 heavy (non-hydrogen) atoms. The van der Waals surface area contributed by atoms with Gasteiger partial charge >= 0.3 is 0 Å². The monoisotopic (exact) mass is 129 g/mol. The number of rotatable bonds is 5. The molecule has 0 aromatic rings. The summed E-state index contributed by atoms with van der Waals surface area (Å²) >= 11 is 0. The predicted molar refractivity (Wildman–Crippen MR) is 34.9 cm³/mol. The van der Waals surface area contributed by atoms with E-state index in [1.165, 1.54) is 0 Å². The summed E-state index contributed by atoms with van der Waals surface area (Å²) in [6.07, 6.45) is 2.63. The van der Waals surface area contributed by atoms with Gasteiger partial charge in [-0.15, -0.1) is 0 Å². The lowest BCUT2D eigenvalue weighted by Crippen LogP contribution is -1.84. The van der Waals surface area contributed by atoms with E-state index in [-0.39, 0.29) is 6.61 Å². The van der Waals surface area contributed by atoms with Crippen LogP contribution >= 0.6 is 0 Å². The lowest BCUT2D eigenvalue weighted by Gasteiger charge is -1.90. The summed E-state index contributed by atoms with van der Waals surface area (Å²) < 4.78 is 0. The Bertz CT molecular complexity index is 98.4. The van der Waals surface area contributed by atoms with Crippen molar-refractivity contribution < 1.29 is 5.11 Å². The molecule has 0 aliphatic rings. The maximum atomic E-state index is 8.32. The zero-order valence-electron chi connectivity index (χ0n) is 5.32. The molecule has 0 unspecified atom stereocenters. The lowest BCUT2D eigenvalue weighted by atomic mass is 10.2. The van der Waals surface area contributed by atoms with E-state index in [2.05, 4.69) is 10.0 Å². The van der Waals surface area contributed by atoms with Gasteiger partial charge in [0.1, 0.15) is 0 Å². The van der Waals surface area contributed by atoms with Gasteiger partial charge in [-0.3, -0.25) is 0 Å². The first kappa shape index (κ1) is 8.27. The average molecular weight is 129 g/mol. The number of azide groups is 1. The molecule has 0 spiro atoms. The summed E-state index contributed by atoms with van der Waals surface area (Å²) in [6, 6.07) is 0. The van der Waals surface area contributed by atoms with Gasteiger partial charge in [0, 0.05) is 18.1 Å². The first-order valence-corrected chi connectivity index (χ1v) is 3.03. The number of unbranched alkanes of at least 4 members (excludes halogenated alkanes) is 2. The second-order valence-corrected chi connectivity index (χ2v) is 1.74. The third kappa shape index (κ3) is 7.27. The number of nitrogens with zero attached hydrogens (tertiary/aromatic N) is 3. The van der Waals surface area contributed by atoms with Gasteiger partial charge in [-0.1, -0.05) is 11.5 Å². The minimum absolute atomic E-state index is 0.232. The summed E-state index contributed by atoms with van der Waals surface area (Å²) in [5.74, 6) is 0. The zero-order chi connectivity index (χ0) is 6.95. The Morgan fingerprint density at radius 1 is 1.33 bits per heavy atom. The maximum absolute atomic E-state index is 8.32. The fraction of sp³-hybridized carbons (Fsp3) is 1.00.